The summed E-state index contributed by atoms with van der Waals surface area (Å²) in [6.45, 7) is 6.27. The van der Waals surface area contributed by atoms with E-state index in [0.717, 1.165) is 4.91 Å². The summed E-state index contributed by atoms with van der Waals surface area (Å²) in [7, 11) is 0. The topological polar surface area (TPSA) is 26.0 Å². The molecule has 0 saturated heterocycles. The number of allylic oxidation sites excluding steroid dienone is 1. The number of rotatable bonds is 3. The maximum absolute atomic E-state index is 5.18. The van der Waals surface area contributed by atoms with Gasteiger partial charge in [-0.3, -0.25) is 0 Å². The number of hydrogen-bond donors (Lipinski definition) is 1. The van der Waals surface area contributed by atoms with Gasteiger partial charge in [0.15, 0.2) is 0 Å². The van der Waals surface area contributed by atoms with Crippen LogP contribution in [0.1, 0.15) is 6.92 Å². The molecule has 0 bridgehead atoms. The summed E-state index contributed by atoms with van der Waals surface area (Å²) in [6.07, 6.45) is 1.90. The Morgan fingerprint density at radius 2 is 2.50 bits per heavy atom. The summed E-state index contributed by atoms with van der Waals surface area (Å²) in [5.41, 5.74) is 5.18. The first-order chi connectivity index (χ1) is 3.77. The van der Waals surface area contributed by atoms with Crippen molar-refractivity contribution in [1.29, 1.82) is 0 Å². The van der Waals surface area contributed by atoms with E-state index in [0.29, 0.717) is 6.54 Å². The molecule has 0 spiro atoms. The van der Waals surface area contributed by atoms with Crippen molar-refractivity contribution in [3.63, 3.8) is 0 Å². The number of hydrogen-bond acceptors (Lipinski definition) is 2. The molecule has 8 heavy (non-hydrogen) atoms. The van der Waals surface area contributed by atoms with Crippen LogP contribution in [0.3, 0.4) is 0 Å². The van der Waals surface area contributed by atoms with Crippen molar-refractivity contribution < 1.29 is 0 Å². The molecule has 0 amide bonds. The molecule has 0 saturated carbocycles. The molecule has 0 rings (SSSR count). The van der Waals surface area contributed by atoms with Crippen LogP contribution in [0.2, 0.25) is 0 Å². The van der Waals surface area contributed by atoms with E-state index in [2.05, 4.69) is 6.58 Å². The van der Waals surface area contributed by atoms with Crippen molar-refractivity contribution >= 4 is 11.8 Å². The average Bonchev–Trinajstić information content (AvgIpc) is 1.66. The van der Waals surface area contributed by atoms with Gasteiger partial charge in [0.2, 0.25) is 0 Å². The normalized spacial score (nSPS) is 10.2. The Balaban J connectivity index is 3.16. The van der Waals surface area contributed by atoms with Gasteiger partial charge in [0.25, 0.3) is 0 Å². The van der Waals surface area contributed by atoms with Gasteiger partial charge in [-0.2, -0.15) is 0 Å². The lowest BCUT2D eigenvalue weighted by atomic mass is 10.7. The van der Waals surface area contributed by atoms with Crippen LogP contribution in [0.4, 0.5) is 0 Å². The summed E-state index contributed by atoms with van der Waals surface area (Å²) in [5.74, 6) is 0. The van der Waals surface area contributed by atoms with Crippen LogP contribution >= 0.6 is 11.8 Å². The van der Waals surface area contributed by atoms with E-state index in [1.807, 2.05) is 18.4 Å². The zero-order valence-corrected chi connectivity index (χ0v) is 5.87. The Morgan fingerprint density at radius 1 is 1.88 bits per heavy atom. The summed E-state index contributed by atoms with van der Waals surface area (Å²) < 4.78 is 0. The summed E-state index contributed by atoms with van der Waals surface area (Å²) in [4.78, 5) is 1.09. The molecule has 0 aliphatic heterocycles. The van der Waals surface area contributed by atoms with Crippen LogP contribution in [-0.2, 0) is 0 Å². The van der Waals surface area contributed by atoms with Gasteiger partial charge in [-0.05, 0) is 17.2 Å². The second-order valence-corrected chi connectivity index (χ2v) is 2.63. The molecule has 0 fully saturated rings. The fourth-order valence-electron chi connectivity index (χ4n) is 0.220. The van der Waals surface area contributed by atoms with Crippen LogP contribution in [0.25, 0.3) is 0 Å². The Bertz CT molecular complexity index is 96.7. The van der Waals surface area contributed by atoms with Gasteiger partial charge in [0, 0.05) is 6.54 Å². The highest BCUT2D eigenvalue weighted by atomic mass is 32.2. The number of nitrogens with two attached hydrogens (primary N) is 1. The predicted octanol–water partition coefficient (Wildman–Crippen LogP) is 1.73. The molecule has 0 aromatic rings. The van der Waals surface area contributed by atoms with Gasteiger partial charge in [0.1, 0.15) is 0 Å². The molecular weight excluding hydrogens is 118 g/mol. The SMILES string of the molecule is C=C(C)S/C=C\CN. The third kappa shape index (κ3) is 5.79. The molecule has 46 valence electrons. The molecule has 0 aliphatic carbocycles. The maximum atomic E-state index is 5.18. The molecule has 2 heteroatoms. The quantitative estimate of drug-likeness (QED) is 0.628. The molecule has 0 aliphatic rings. The molecule has 0 atom stereocenters. The maximum Gasteiger partial charge on any atom is 0.0115 e. The van der Waals surface area contributed by atoms with E-state index in [4.69, 9.17) is 5.73 Å². The molecular formula is C6H11NS. The lowest BCUT2D eigenvalue weighted by Gasteiger charge is -1.86. The largest absolute Gasteiger partial charge is 0.327 e. The van der Waals surface area contributed by atoms with E-state index in [-0.39, 0.29) is 0 Å². The summed E-state index contributed by atoms with van der Waals surface area (Å²) >= 11 is 1.60. The standard InChI is InChI=1S/C6H11NS/c1-6(2)8-5-3-4-7/h3,5H,1,4,7H2,2H3/b5-3-. The highest BCUT2D eigenvalue weighted by Crippen LogP contribution is 2.11. The number of thioether (sulfide) groups is 1. The second kappa shape index (κ2) is 4.94. The first-order valence-corrected chi connectivity index (χ1v) is 3.32. The minimum absolute atomic E-state index is 0.611. The van der Waals surface area contributed by atoms with Crippen LogP contribution in [0, 0.1) is 0 Å². The van der Waals surface area contributed by atoms with Gasteiger partial charge < -0.3 is 5.73 Å². The van der Waals surface area contributed by atoms with Crippen LogP contribution in [0.15, 0.2) is 23.0 Å². The summed E-state index contributed by atoms with van der Waals surface area (Å²) in [5, 5.41) is 1.95. The highest BCUT2D eigenvalue weighted by Gasteiger charge is 1.75. The Labute approximate surface area is 54.6 Å². The third-order valence-electron chi connectivity index (χ3n) is 0.502. The van der Waals surface area contributed by atoms with Crippen LogP contribution < -0.4 is 5.73 Å². The third-order valence-corrected chi connectivity index (χ3v) is 1.23. The molecule has 0 unspecified atom stereocenters. The van der Waals surface area contributed by atoms with Crippen molar-refractivity contribution in [2.24, 2.45) is 5.73 Å². The van der Waals surface area contributed by atoms with E-state index in [1.165, 1.54) is 0 Å². The molecule has 0 heterocycles. The lowest BCUT2D eigenvalue weighted by Crippen LogP contribution is -1.91. The second-order valence-electron chi connectivity index (χ2n) is 1.43. The van der Waals surface area contributed by atoms with E-state index in [9.17, 15) is 0 Å². The zero-order valence-electron chi connectivity index (χ0n) is 5.05. The van der Waals surface area contributed by atoms with Gasteiger partial charge >= 0.3 is 0 Å². The van der Waals surface area contributed by atoms with Crippen molar-refractivity contribution in [2.75, 3.05) is 6.54 Å². The molecule has 0 aromatic heterocycles. The minimum Gasteiger partial charge on any atom is -0.327 e. The van der Waals surface area contributed by atoms with Crippen molar-refractivity contribution in [2.45, 2.75) is 6.92 Å². The van der Waals surface area contributed by atoms with E-state index < -0.39 is 0 Å². The van der Waals surface area contributed by atoms with Gasteiger partial charge in [-0.15, -0.1) is 11.8 Å². The van der Waals surface area contributed by atoms with Crippen LogP contribution in [0.5, 0.6) is 0 Å². The minimum atomic E-state index is 0.611. The fourth-order valence-corrected chi connectivity index (χ4v) is 0.659. The Hall–Kier alpha value is -0.210. The Morgan fingerprint density at radius 3 is 2.88 bits per heavy atom. The molecule has 2 N–H and O–H groups in total. The van der Waals surface area contributed by atoms with E-state index >= 15 is 0 Å². The molecule has 1 nitrogen and oxygen atoms in total. The van der Waals surface area contributed by atoms with Crippen LogP contribution in [-0.4, -0.2) is 6.54 Å². The van der Waals surface area contributed by atoms with Crippen molar-refractivity contribution in [3.05, 3.63) is 23.0 Å². The van der Waals surface area contributed by atoms with Crippen molar-refractivity contribution in [1.82, 2.24) is 0 Å². The highest BCUT2D eigenvalue weighted by molar-refractivity contribution is 8.05. The Kier molecular flexibility index (Phi) is 4.81. The van der Waals surface area contributed by atoms with Gasteiger partial charge in [-0.25, -0.2) is 0 Å². The fraction of sp³-hybridized carbons (Fsp3) is 0.333. The predicted molar refractivity (Wildman–Crippen MR) is 40.6 cm³/mol. The smallest absolute Gasteiger partial charge is 0.0115 e. The van der Waals surface area contributed by atoms with Gasteiger partial charge in [0.05, 0.1) is 0 Å². The molecule has 0 radical (unpaired) electrons. The molecule has 0 aromatic carbocycles. The first kappa shape index (κ1) is 7.79. The lowest BCUT2D eigenvalue weighted by molar-refractivity contribution is 1.26. The first-order valence-electron chi connectivity index (χ1n) is 2.44. The monoisotopic (exact) mass is 129 g/mol. The van der Waals surface area contributed by atoms with Crippen molar-refractivity contribution in [3.8, 4) is 0 Å². The summed E-state index contributed by atoms with van der Waals surface area (Å²) in [6, 6.07) is 0. The van der Waals surface area contributed by atoms with Gasteiger partial charge in [-0.1, -0.05) is 12.7 Å². The van der Waals surface area contributed by atoms with E-state index in [1.54, 1.807) is 11.8 Å². The zero-order chi connectivity index (χ0) is 6.41. The average molecular weight is 129 g/mol.